The minimum Gasteiger partial charge on any atom is -0.456 e. The maximum Gasteiger partial charge on any atom is 0.345 e. The molecule has 1 saturated heterocycles. The first-order chi connectivity index (χ1) is 10.3. The Morgan fingerprint density at radius 2 is 2.05 bits per heavy atom. The van der Waals surface area contributed by atoms with Crippen molar-refractivity contribution in [3.8, 4) is 0 Å². The number of benzene rings is 1. The highest BCUT2D eigenvalue weighted by Gasteiger charge is 2.35. The average Bonchev–Trinajstić information content (AvgIpc) is 2.47. The minimum absolute atomic E-state index is 0.0183. The van der Waals surface area contributed by atoms with E-state index in [1.807, 2.05) is 13.8 Å². The number of halogens is 1. The standard InChI is InChI=1S/C15H19BrN2O4/c1-15(2,10-5-7-17-8-6-10)22-14(19)12-4-3-11(16)9-13(12)18(20)21/h3-4,9-10,17H,5-8H2,1-2H3. The Hall–Kier alpha value is -1.47. The summed E-state index contributed by atoms with van der Waals surface area (Å²) in [5.74, 6) is -0.407. The van der Waals surface area contributed by atoms with Crippen molar-refractivity contribution in [2.24, 2.45) is 5.92 Å². The second-order valence-corrected chi connectivity index (χ2v) is 6.85. The first kappa shape index (κ1) is 16.9. The number of carbonyl (C=O) groups is 1. The topological polar surface area (TPSA) is 81.5 Å². The third-order valence-electron chi connectivity index (χ3n) is 4.05. The lowest BCUT2D eigenvalue weighted by Crippen LogP contribution is -2.42. The lowest BCUT2D eigenvalue weighted by atomic mass is 9.83. The van der Waals surface area contributed by atoms with Crippen molar-refractivity contribution in [1.82, 2.24) is 5.32 Å². The summed E-state index contributed by atoms with van der Waals surface area (Å²) in [5, 5.41) is 14.4. The van der Waals surface area contributed by atoms with Crippen LogP contribution in [0.4, 0.5) is 5.69 Å². The van der Waals surface area contributed by atoms with Crippen molar-refractivity contribution in [2.75, 3.05) is 13.1 Å². The van der Waals surface area contributed by atoms with Crippen LogP contribution in [0.25, 0.3) is 0 Å². The van der Waals surface area contributed by atoms with Crippen LogP contribution >= 0.6 is 15.9 Å². The lowest BCUT2D eigenvalue weighted by Gasteiger charge is -2.36. The largest absolute Gasteiger partial charge is 0.456 e. The van der Waals surface area contributed by atoms with E-state index in [-0.39, 0.29) is 17.2 Å². The van der Waals surface area contributed by atoms with Gasteiger partial charge in [-0.15, -0.1) is 0 Å². The number of nitrogens with one attached hydrogen (secondary N) is 1. The summed E-state index contributed by atoms with van der Waals surface area (Å²) in [4.78, 5) is 22.9. The van der Waals surface area contributed by atoms with Crippen LogP contribution in [0.1, 0.15) is 37.0 Å². The molecule has 0 aliphatic carbocycles. The fraction of sp³-hybridized carbons (Fsp3) is 0.533. The van der Waals surface area contributed by atoms with E-state index in [4.69, 9.17) is 4.74 Å². The van der Waals surface area contributed by atoms with Gasteiger partial charge < -0.3 is 10.1 Å². The smallest absolute Gasteiger partial charge is 0.345 e. The number of rotatable bonds is 4. The van der Waals surface area contributed by atoms with E-state index in [0.717, 1.165) is 25.9 Å². The van der Waals surface area contributed by atoms with Gasteiger partial charge >= 0.3 is 5.97 Å². The predicted molar refractivity (Wildman–Crippen MR) is 85.9 cm³/mol. The number of nitro benzene ring substituents is 1. The quantitative estimate of drug-likeness (QED) is 0.499. The van der Waals surface area contributed by atoms with Gasteiger partial charge in [0.1, 0.15) is 11.2 Å². The van der Waals surface area contributed by atoms with Gasteiger partial charge in [0.2, 0.25) is 0 Å². The normalized spacial score (nSPS) is 16.3. The molecule has 0 unspecified atom stereocenters. The molecule has 0 radical (unpaired) electrons. The van der Waals surface area contributed by atoms with E-state index in [1.54, 1.807) is 6.07 Å². The Kier molecular flexibility index (Phi) is 5.18. The molecule has 0 aromatic heterocycles. The number of hydrogen-bond acceptors (Lipinski definition) is 5. The molecule has 0 bridgehead atoms. The average molecular weight is 371 g/mol. The molecule has 1 heterocycles. The van der Waals surface area contributed by atoms with E-state index in [1.165, 1.54) is 12.1 Å². The molecule has 1 aliphatic heterocycles. The molecule has 1 fully saturated rings. The molecule has 1 aromatic carbocycles. The molecule has 22 heavy (non-hydrogen) atoms. The van der Waals surface area contributed by atoms with Crippen molar-refractivity contribution >= 4 is 27.6 Å². The number of ether oxygens (including phenoxy) is 1. The zero-order valence-electron chi connectivity index (χ0n) is 12.6. The van der Waals surface area contributed by atoms with Gasteiger partial charge in [0.25, 0.3) is 5.69 Å². The summed E-state index contributed by atoms with van der Waals surface area (Å²) < 4.78 is 6.16. The number of hydrogen-bond donors (Lipinski definition) is 1. The van der Waals surface area contributed by atoms with Gasteiger partial charge in [0, 0.05) is 16.5 Å². The molecule has 0 amide bonds. The van der Waals surface area contributed by atoms with Crippen LogP contribution < -0.4 is 5.32 Å². The molecule has 0 atom stereocenters. The summed E-state index contributed by atoms with van der Waals surface area (Å²) in [7, 11) is 0. The molecule has 120 valence electrons. The van der Waals surface area contributed by atoms with Crippen molar-refractivity contribution < 1.29 is 14.5 Å². The van der Waals surface area contributed by atoms with Crippen LogP contribution in [0, 0.1) is 16.0 Å². The van der Waals surface area contributed by atoms with Gasteiger partial charge in [-0.3, -0.25) is 10.1 Å². The maximum atomic E-state index is 12.4. The van der Waals surface area contributed by atoms with Crippen molar-refractivity contribution in [1.29, 1.82) is 0 Å². The van der Waals surface area contributed by atoms with Crippen LogP contribution in [0.5, 0.6) is 0 Å². The number of nitrogens with zero attached hydrogens (tertiary/aromatic N) is 1. The highest BCUT2D eigenvalue weighted by atomic mass is 79.9. The summed E-state index contributed by atoms with van der Waals surface area (Å²) in [6, 6.07) is 4.33. The molecule has 0 spiro atoms. The van der Waals surface area contributed by atoms with E-state index in [9.17, 15) is 14.9 Å². The third kappa shape index (κ3) is 3.84. The summed E-state index contributed by atoms with van der Waals surface area (Å²) in [6.45, 7) is 5.52. The molecule has 1 N–H and O–H groups in total. The Labute approximate surface area is 137 Å². The summed E-state index contributed by atoms with van der Waals surface area (Å²) in [5.41, 5.74) is -0.921. The zero-order valence-corrected chi connectivity index (χ0v) is 14.2. The Morgan fingerprint density at radius 3 is 2.64 bits per heavy atom. The minimum atomic E-state index is -0.653. The van der Waals surface area contributed by atoms with E-state index >= 15 is 0 Å². The third-order valence-corrected chi connectivity index (χ3v) is 4.55. The number of nitro groups is 1. The first-order valence-corrected chi connectivity index (χ1v) is 7.98. The molecule has 7 heteroatoms. The lowest BCUT2D eigenvalue weighted by molar-refractivity contribution is -0.385. The molecule has 1 aromatic rings. The van der Waals surface area contributed by atoms with Gasteiger partial charge in [0.05, 0.1) is 4.92 Å². The Balaban J connectivity index is 2.19. The van der Waals surface area contributed by atoms with Crippen LogP contribution in [0.2, 0.25) is 0 Å². The Bertz CT molecular complexity index is 583. The highest BCUT2D eigenvalue weighted by Crippen LogP contribution is 2.31. The maximum absolute atomic E-state index is 12.4. The number of piperidine rings is 1. The molecular formula is C15H19BrN2O4. The van der Waals surface area contributed by atoms with Crippen LogP contribution in [0.15, 0.2) is 22.7 Å². The first-order valence-electron chi connectivity index (χ1n) is 7.19. The van der Waals surface area contributed by atoms with Crippen molar-refractivity contribution in [3.63, 3.8) is 0 Å². The molecule has 6 nitrogen and oxygen atoms in total. The van der Waals surface area contributed by atoms with Gasteiger partial charge in [-0.05, 0) is 51.9 Å². The van der Waals surface area contributed by atoms with Gasteiger partial charge in [-0.2, -0.15) is 0 Å². The van der Waals surface area contributed by atoms with E-state index in [0.29, 0.717) is 4.47 Å². The summed E-state index contributed by atoms with van der Waals surface area (Å²) in [6.07, 6.45) is 1.84. The SMILES string of the molecule is CC(C)(OC(=O)c1ccc(Br)cc1[N+](=O)[O-])C1CCNCC1. The number of carbonyl (C=O) groups excluding carboxylic acids is 1. The fourth-order valence-corrected chi connectivity index (χ4v) is 3.07. The zero-order chi connectivity index (χ0) is 16.3. The van der Waals surface area contributed by atoms with Crippen LogP contribution in [-0.4, -0.2) is 29.6 Å². The van der Waals surface area contributed by atoms with Crippen LogP contribution in [-0.2, 0) is 4.74 Å². The monoisotopic (exact) mass is 370 g/mol. The molecular weight excluding hydrogens is 352 g/mol. The van der Waals surface area contributed by atoms with E-state index in [2.05, 4.69) is 21.2 Å². The van der Waals surface area contributed by atoms with Crippen molar-refractivity contribution in [3.05, 3.63) is 38.3 Å². The second-order valence-electron chi connectivity index (χ2n) is 5.94. The van der Waals surface area contributed by atoms with Gasteiger partial charge in [-0.25, -0.2) is 4.79 Å². The predicted octanol–water partition coefficient (Wildman–Crippen LogP) is 3.29. The highest BCUT2D eigenvalue weighted by molar-refractivity contribution is 9.10. The fourth-order valence-electron chi connectivity index (χ4n) is 2.72. The molecule has 2 rings (SSSR count). The number of esters is 1. The second kappa shape index (κ2) is 6.75. The molecule has 0 saturated carbocycles. The van der Waals surface area contributed by atoms with Gasteiger partial charge in [0.15, 0.2) is 0 Å². The van der Waals surface area contributed by atoms with E-state index < -0.39 is 16.5 Å². The summed E-state index contributed by atoms with van der Waals surface area (Å²) >= 11 is 3.17. The van der Waals surface area contributed by atoms with Crippen LogP contribution in [0.3, 0.4) is 0 Å². The Morgan fingerprint density at radius 1 is 1.41 bits per heavy atom. The van der Waals surface area contributed by atoms with Crippen molar-refractivity contribution in [2.45, 2.75) is 32.3 Å². The van der Waals surface area contributed by atoms with Gasteiger partial charge in [-0.1, -0.05) is 15.9 Å². The molecule has 1 aliphatic rings.